The van der Waals surface area contributed by atoms with E-state index in [0.717, 1.165) is 12.1 Å². The van der Waals surface area contributed by atoms with Crippen LogP contribution in [0.1, 0.15) is 56.4 Å². The van der Waals surface area contributed by atoms with E-state index in [1.54, 1.807) is 11.3 Å². The zero-order valence-electron chi connectivity index (χ0n) is 13.3. The van der Waals surface area contributed by atoms with Gasteiger partial charge in [0.05, 0.1) is 6.61 Å². The van der Waals surface area contributed by atoms with Crippen LogP contribution in [0.15, 0.2) is 11.4 Å². The van der Waals surface area contributed by atoms with E-state index in [1.807, 2.05) is 0 Å². The number of thiophene rings is 1. The molecule has 0 aliphatic carbocycles. The van der Waals surface area contributed by atoms with Gasteiger partial charge in [0.1, 0.15) is 0 Å². The fraction of sp³-hybridized carbons (Fsp3) is 0.667. The highest BCUT2D eigenvalue weighted by atomic mass is 32.1. The van der Waals surface area contributed by atoms with Crippen molar-refractivity contribution in [2.24, 2.45) is 5.41 Å². The molecule has 1 saturated heterocycles. The van der Waals surface area contributed by atoms with Crippen LogP contribution in [0.25, 0.3) is 0 Å². The maximum absolute atomic E-state index is 8.74. The fourth-order valence-electron chi connectivity index (χ4n) is 3.11. The lowest BCUT2D eigenvalue weighted by Gasteiger charge is -2.40. The molecule has 0 saturated carbocycles. The summed E-state index contributed by atoms with van der Waals surface area (Å²) in [6.07, 6.45) is 5.89. The van der Waals surface area contributed by atoms with Gasteiger partial charge in [-0.05, 0) is 37.4 Å². The number of rotatable bonds is 5. The maximum atomic E-state index is 8.74. The molecule has 0 atom stereocenters. The van der Waals surface area contributed by atoms with Crippen molar-refractivity contribution >= 4 is 11.3 Å². The minimum atomic E-state index is 0.147. The molecule has 2 nitrogen and oxygen atoms in total. The van der Waals surface area contributed by atoms with E-state index in [4.69, 9.17) is 5.11 Å². The normalized spacial score (nSPS) is 18.2. The fourth-order valence-corrected chi connectivity index (χ4v) is 3.97. The number of nitrogens with zero attached hydrogens (tertiary/aromatic N) is 1. The van der Waals surface area contributed by atoms with Gasteiger partial charge in [-0.25, -0.2) is 0 Å². The summed E-state index contributed by atoms with van der Waals surface area (Å²) in [6.45, 7) is 8.35. The Morgan fingerprint density at radius 3 is 2.62 bits per heavy atom. The first-order valence-corrected chi connectivity index (χ1v) is 8.99. The van der Waals surface area contributed by atoms with E-state index >= 15 is 0 Å². The SMILES string of the molecule is CCC1(CC)CCN(Cc2cc(C#CCCO)cs2)CC1. The third-order valence-corrected chi connectivity index (χ3v) is 5.84. The molecule has 2 heterocycles. The second-order valence-corrected chi connectivity index (χ2v) is 7.06. The van der Waals surface area contributed by atoms with E-state index in [0.29, 0.717) is 11.8 Å². The van der Waals surface area contributed by atoms with Crippen molar-refractivity contribution in [3.8, 4) is 11.8 Å². The standard InChI is InChI=1S/C18H27NOS/c1-3-18(4-2)8-10-19(11-9-18)14-17-13-16(15-21-17)7-5-6-12-20/h13,15,20H,3-4,6,8-12,14H2,1-2H3. The predicted octanol–water partition coefficient (Wildman–Crippen LogP) is 3.88. The van der Waals surface area contributed by atoms with Gasteiger partial charge in [-0.15, -0.1) is 11.3 Å². The average molecular weight is 305 g/mol. The highest BCUT2D eigenvalue weighted by Gasteiger charge is 2.31. The highest BCUT2D eigenvalue weighted by Crippen LogP contribution is 2.38. The number of aliphatic hydroxyl groups excluding tert-OH is 1. The Labute approximate surface area is 133 Å². The first-order valence-electron chi connectivity index (χ1n) is 8.11. The predicted molar refractivity (Wildman–Crippen MR) is 90.4 cm³/mol. The van der Waals surface area contributed by atoms with Crippen LogP contribution in [0.4, 0.5) is 0 Å². The van der Waals surface area contributed by atoms with E-state index in [1.165, 1.54) is 43.6 Å². The zero-order valence-corrected chi connectivity index (χ0v) is 14.1. The number of hydrogen-bond acceptors (Lipinski definition) is 3. The minimum Gasteiger partial charge on any atom is -0.395 e. The first kappa shape index (κ1) is 16.5. The molecule has 3 heteroatoms. The molecule has 21 heavy (non-hydrogen) atoms. The van der Waals surface area contributed by atoms with Crippen LogP contribution < -0.4 is 0 Å². The topological polar surface area (TPSA) is 23.5 Å². The largest absolute Gasteiger partial charge is 0.395 e. The van der Waals surface area contributed by atoms with Crippen molar-refractivity contribution in [2.75, 3.05) is 19.7 Å². The molecule has 1 fully saturated rings. The van der Waals surface area contributed by atoms with Crippen LogP contribution in [0.2, 0.25) is 0 Å². The lowest BCUT2D eigenvalue weighted by molar-refractivity contribution is 0.0915. The van der Waals surface area contributed by atoms with Gasteiger partial charge in [0.15, 0.2) is 0 Å². The molecular weight excluding hydrogens is 278 g/mol. The van der Waals surface area contributed by atoms with Gasteiger partial charge in [0.2, 0.25) is 0 Å². The van der Waals surface area contributed by atoms with Crippen LogP contribution in [0, 0.1) is 17.3 Å². The summed E-state index contributed by atoms with van der Waals surface area (Å²) in [7, 11) is 0. The summed E-state index contributed by atoms with van der Waals surface area (Å²) in [6, 6.07) is 2.20. The summed E-state index contributed by atoms with van der Waals surface area (Å²) in [5, 5.41) is 10.9. The van der Waals surface area contributed by atoms with Crippen LogP contribution in [-0.2, 0) is 6.54 Å². The van der Waals surface area contributed by atoms with Gasteiger partial charge < -0.3 is 5.11 Å². The molecule has 1 aromatic rings. The van der Waals surface area contributed by atoms with Gasteiger partial charge in [0.25, 0.3) is 0 Å². The lowest BCUT2D eigenvalue weighted by Crippen LogP contribution is -2.39. The summed E-state index contributed by atoms with van der Waals surface area (Å²) in [5.74, 6) is 6.10. The van der Waals surface area contributed by atoms with Crippen molar-refractivity contribution in [2.45, 2.75) is 52.5 Å². The summed E-state index contributed by atoms with van der Waals surface area (Å²) < 4.78 is 0. The monoisotopic (exact) mass is 305 g/mol. The molecule has 0 unspecified atom stereocenters. The minimum absolute atomic E-state index is 0.147. The Morgan fingerprint density at radius 2 is 2.00 bits per heavy atom. The second-order valence-electron chi connectivity index (χ2n) is 6.06. The average Bonchev–Trinajstić information content (AvgIpc) is 2.96. The van der Waals surface area contributed by atoms with Gasteiger partial charge >= 0.3 is 0 Å². The van der Waals surface area contributed by atoms with Crippen molar-refractivity contribution in [3.05, 3.63) is 21.9 Å². The molecule has 0 bridgehead atoms. The number of likely N-dealkylation sites (tertiary alicyclic amines) is 1. The quantitative estimate of drug-likeness (QED) is 0.834. The van der Waals surface area contributed by atoms with Crippen molar-refractivity contribution in [3.63, 3.8) is 0 Å². The molecule has 1 aliphatic heterocycles. The molecule has 2 rings (SSSR count). The molecule has 1 N–H and O–H groups in total. The Hall–Kier alpha value is -0.820. The van der Waals surface area contributed by atoms with E-state index in [2.05, 4.69) is 42.0 Å². The molecule has 0 amide bonds. The Balaban J connectivity index is 1.85. The van der Waals surface area contributed by atoms with Crippen LogP contribution in [0.3, 0.4) is 0 Å². The van der Waals surface area contributed by atoms with Gasteiger partial charge in [0, 0.05) is 28.8 Å². The van der Waals surface area contributed by atoms with E-state index < -0.39 is 0 Å². The van der Waals surface area contributed by atoms with Crippen LogP contribution >= 0.6 is 11.3 Å². The van der Waals surface area contributed by atoms with Gasteiger partial charge in [-0.1, -0.05) is 38.5 Å². The zero-order chi connectivity index (χ0) is 15.1. The number of hydrogen-bond donors (Lipinski definition) is 1. The van der Waals surface area contributed by atoms with Gasteiger partial charge in [-0.3, -0.25) is 4.90 Å². The summed E-state index contributed by atoms with van der Waals surface area (Å²) in [5.41, 5.74) is 1.70. The maximum Gasteiger partial charge on any atom is 0.0540 e. The highest BCUT2D eigenvalue weighted by molar-refractivity contribution is 7.10. The summed E-state index contributed by atoms with van der Waals surface area (Å²) in [4.78, 5) is 3.99. The summed E-state index contributed by atoms with van der Waals surface area (Å²) >= 11 is 1.81. The Morgan fingerprint density at radius 1 is 1.29 bits per heavy atom. The molecule has 116 valence electrons. The number of piperidine rings is 1. The Kier molecular flexibility index (Phi) is 6.29. The number of aliphatic hydroxyl groups is 1. The third kappa shape index (κ3) is 4.57. The molecule has 0 radical (unpaired) electrons. The molecule has 0 spiro atoms. The van der Waals surface area contributed by atoms with Crippen molar-refractivity contribution < 1.29 is 5.11 Å². The lowest BCUT2D eigenvalue weighted by atomic mass is 9.74. The van der Waals surface area contributed by atoms with E-state index in [-0.39, 0.29) is 6.61 Å². The Bertz CT molecular complexity index is 483. The second kappa shape index (κ2) is 7.98. The van der Waals surface area contributed by atoms with Crippen LogP contribution in [-0.4, -0.2) is 29.7 Å². The first-order chi connectivity index (χ1) is 10.2. The van der Waals surface area contributed by atoms with Gasteiger partial charge in [-0.2, -0.15) is 0 Å². The van der Waals surface area contributed by atoms with Crippen molar-refractivity contribution in [1.29, 1.82) is 0 Å². The van der Waals surface area contributed by atoms with Crippen LogP contribution in [0.5, 0.6) is 0 Å². The van der Waals surface area contributed by atoms with E-state index in [9.17, 15) is 0 Å². The molecule has 0 aromatic carbocycles. The molecular formula is C18H27NOS. The molecule has 1 aromatic heterocycles. The third-order valence-electron chi connectivity index (χ3n) is 4.92. The molecule has 1 aliphatic rings. The van der Waals surface area contributed by atoms with Crippen molar-refractivity contribution in [1.82, 2.24) is 4.90 Å². The smallest absolute Gasteiger partial charge is 0.0540 e.